The van der Waals surface area contributed by atoms with Gasteiger partial charge < -0.3 is 0 Å². The number of fused-ring (bicyclic) bond motifs is 1. The van der Waals surface area contributed by atoms with E-state index >= 15 is 0 Å². The minimum absolute atomic E-state index is 0.0580. The molecular formula is C14H16ClN3O2S. The van der Waals surface area contributed by atoms with Gasteiger partial charge in [0.25, 0.3) is 10.0 Å². The Kier molecular flexibility index (Phi) is 3.03. The predicted octanol–water partition coefficient (Wildman–Crippen LogP) is 2.55. The summed E-state index contributed by atoms with van der Waals surface area (Å²) in [5.41, 5.74) is 0.559. The molecule has 0 aromatic carbocycles. The zero-order valence-corrected chi connectivity index (χ0v) is 13.0. The molecular weight excluding hydrogens is 310 g/mol. The number of halogens is 1. The van der Waals surface area contributed by atoms with Gasteiger partial charge in [-0.25, -0.2) is 13.4 Å². The third-order valence-electron chi connectivity index (χ3n) is 4.09. The van der Waals surface area contributed by atoms with Gasteiger partial charge in [-0.15, -0.1) is 0 Å². The summed E-state index contributed by atoms with van der Waals surface area (Å²) in [6, 6.07) is 5.50. The van der Waals surface area contributed by atoms with Crippen LogP contribution < -0.4 is 0 Å². The maximum atomic E-state index is 13.1. The highest BCUT2D eigenvalue weighted by atomic mass is 35.5. The first-order chi connectivity index (χ1) is 10.1. The minimum Gasteiger partial charge on any atom is -0.288 e. The number of sulfonamides is 1. The van der Waals surface area contributed by atoms with Crippen LogP contribution in [0.25, 0.3) is 5.65 Å². The average molecular weight is 326 g/mol. The molecule has 0 bridgehead atoms. The summed E-state index contributed by atoms with van der Waals surface area (Å²) in [6.07, 6.45) is 5.84. The van der Waals surface area contributed by atoms with Crippen LogP contribution >= 0.6 is 11.6 Å². The first kappa shape index (κ1) is 13.5. The molecule has 5 nitrogen and oxygen atoms in total. The fraction of sp³-hybridized carbons (Fsp3) is 0.500. The van der Waals surface area contributed by atoms with E-state index in [1.54, 1.807) is 27.0 Å². The van der Waals surface area contributed by atoms with E-state index in [-0.39, 0.29) is 16.2 Å². The van der Waals surface area contributed by atoms with Crippen molar-refractivity contribution < 1.29 is 8.42 Å². The van der Waals surface area contributed by atoms with Gasteiger partial charge in [0.1, 0.15) is 5.65 Å². The van der Waals surface area contributed by atoms with Crippen molar-refractivity contribution in [3.63, 3.8) is 0 Å². The van der Waals surface area contributed by atoms with E-state index in [1.807, 2.05) is 6.07 Å². The Hall–Kier alpha value is -1.11. The molecule has 7 heteroatoms. The maximum absolute atomic E-state index is 13.1. The normalized spacial score (nSPS) is 19.5. The minimum atomic E-state index is -3.60. The third kappa shape index (κ3) is 2.35. The molecule has 4 rings (SSSR count). The van der Waals surface area contributed by atoms with Gasteiger partial charge in [-0.2, -0.15) is 4.31 Å². The third-order valence-corrected chi connectivity index (χ3v) is 6.41. The predicted molar refractivity (Wildman–Crippen MR) is 79.8 cm³/mol. The molecule has 0 spiro atoms. The van der Waals surface area contributed by atoms with Crippen molar-refractivity contribution in [3.8, 4) is 0 Å². The molecule has 2 heterocycles. The summed E-state index contributed by atoms with van der Waals surface area (Å²) in [5.74, 6) is 0.512. The molecule has 0 atom stereocenters. The van der Waals surface area contributed by atoms with E-state index in [4.69, 9.17) is 11.6 Å². The summed E-state index contributed by atoms with van der Waals surface area (Å²) in [7, 11) is -3.60. The molecule has 0 radical (unpaired) electrons. The van der Waals surface area contributed by atoms with Gasteiger partial charge in [-0.3, -0.25) is 4.40 Å². The van der Waals surface area contributed by atoms with Crippen molar-refractivity contribution in [2.75, 3.05) is 6.54 Å². The lowest BCUT2D eigenvalue weighted by Gasteiger charge is -2.21. The lowest BCUT2D eigenvalue weighted by Crippen LogP contribution is -2.35. The van der Waals surface area contributed by atoms with E-state index in [1.165, 1.54) is 0 Å². The lowest BCUT2D eigenvalue weighted by atomic mass is 10.4. The quantitative estimate of drug-likeness (QED) is 0.849. The van der Waals surface area contributed by atoms with E-state index in [0.717, 1.165) is 25.7 Å². The second-order valence-corrected chi connectivity index (χ2v) is 8.05. The van der Waals surface area contributed by atoms with Crippen LogP contribution in [0.3, 0.4) is 0 Å². The second kappa shape index (κ2) is 4.69. The highest BCUT2D eigenvalue weighted by Gasteiger charge is 2.43. The van der Waals surface area contributed by atoms with Crippen molar-refractivity contribution in [1.29, 1.82) is 0 Å². The summed E-state index contributed by atoms with van der Waals surface area (Å²) in [4.78, 5) is 4.16. The maximum Gasteiger partial charge on any atom is 0.262 e. The summed E-state index contributed by atoms with van der Waals surface area (Å²) in [5, 5.41) is 0.162. The Labute approximate surface area is 128 Å². The molecule has 2 aromatic rings. The van der Waals surface area contributed by atoms with E-state index < -0.39 is 10.0 Å². The highest BCUT2D eigenvalue weighted by molar-refractivity contribution is 7.89. The average Bonchev–Trinajstić information content (AvgIpc) is 3.32. The summed E-state index contributed by atoms with van der Waals surface area (Å²) >= 11 is 6.14. The van der Waals surface area contributed by atoms with Gasteiger partial charge in [0, 0.05) is 18.8 Å². The Morgan fingerprint density at radius 3 is 2.71 bits per heavy atom. The highest BCUT2D eigenvalue weighted by Crippen LogP contribution is 2.39. The molecule has 2 aliphatic carbocycles. The van der Waals surface area contributed by atoms with Gasteiger partial charge in [0.2, 0.25) is 0 Å². The molecule has 0 aliphatic heterocycles. The van der Waals surface area contributed by atoms with Crippen LogP contribution in [0.2, 0.25) is 5.15 Å². The molecule has 2 aromatic heterocycles. The van der Waals surface area contributed by atoms with Crippen LogP contribution in [0.15, 0.2) is 29.4 Å². The monoisotopic (exact) mass is 325 g/mol. The van der Waals surface area contributed by atoms with Crippen LogP contribution in [-0.2, 0) is 10.0 Å². The summed E-state index contributed by atoms with van der Waals surface area (Å²) in [6.45, 7) is 0.614. The smallest absolute Gasteiger partial charge is 0.262 e. The zero-order valence-electron chi connectivity index (χ0n) is 11.4. The molecule has 2 fully saturated rings. The van der Waals surface area contributed by atoms with Crippen molar-refractivity contribution in [2.24, 2.45) is 5.92 Å². The molecule has 21 heavy (non-hydrogen) atoms. The number of aromatic nitrogens is 2. The molecule has 0 unspecified atom stereocenters. The number of hydrogen-bond acceptors (Lipinski definition) is 3. The molecule has 112 valence electrons. The Morgan fingerprint density at radius 1 is 1.29 bits per heavy atom. The van der Waals surface area contributed by atoms with Gasteiger partial charge in [0.05, 0.1) is 0 Å². The number of imidazole rings is 1. The Balaban J connectivity index is 1.82. The topological polar surface area (TPSA) is 54.7 Å². The Bertz CT molecular complexity index is 794. The largest absolute Gasteiger partial charge is 0.288 e. The summed E-state index contributed by atoms with van der Waals surface area (Å²) < 4.78 is 29.3. The van der Waals surface area contributed by atoms with Crippen LogP contribution in [0.1, 0.15) is 25.7 Å². The van der Waals surface area contributed by atoms with Crippen LogP contribution in [0.4, 0.5) is 0 Å². The van der Waals surface area contributed by atoms with Gasteiger partial charge >= 0.3 is 0 Å². The number of nitrogens with zero attached hydrogens (tertiary/aromatic N) is 3. The van der Waals surface area contributed by atoms with Gasteiger partial charge in [0.15, 0.2) is 10.2 Å². The van der Waals surface area contributed by atoms with Gasteiger partial charge in [-0.1, -0.05) is 17.7 Å². The molecule has 0 saturated heterocycles. The number of hydrogen-bond donors (Lipinski definition) is 0. The number of rotatable bonds is 5. The SMILES string of the molecule is O=S(=O)(c1c(Cl)nc2ccccn12)N(CC1CC1)C1CC1. The molecule has 0 amide bonds. The van der Waals surface area contributed by atoms with Crippen molar-refractivity contribution >= 4 is 27.3 Å². The van der Waals surface area contributed by atoms with E-state index in [2.05, 4.69) is 4.98 Å². The van der Waals surface area contributed by atoms with Crippen LogP contribution in [-0.4, -0.2) is 34.7 Å². The first-order valence-electron chi connectivity index (χ1n) is 7.22. The Morgan fingerprint density at radius 2 is 2.05 bits per heavy atom. The number of pyridine rings is 1. The molecule has 2 saturated carbocycles. The fourth-order valence-corrected chi connectivity index (χ4v) is 5.01. The van der Waals surface area contributed by atoms with Crippen LogP contribution in [0.5, 0.6) is 0 Å². The standard InChI is InChI=1S/C14H16ClN3O2S/c15-13-14(17-8-2-1-3-12(17)16-13)21(19,20)18(11-6-7-11)9-10-4-5-10/h1-3,8,10-11H,4-7,9H2. The van der Waals surface area contributed by atoms with E-state index in [9.17, 15) is 8.42 Å². The second-order valence-electron chi connectivity index (χ2n) is 5.89. The van der Waals surface area contributed by atoms with Crippen LogP contribution in [0, 0.1) is 5.92 Å². The van der Waals surface area contributed by atoms with Crippen molar-refractivity contribution in [2.45, 2.75) is 36.8 Å². The molecule has 2 aliphatic rings. The molecule has 0 N–H and O–H groups in total. The van der Waals surface area contributed by atoms with E-state index in [0.29, 0.717) is 18.1 Å². The van der Waals surface area contributed by atoms with Gasteiger partial charge in [-0.05, 0) is 43.7 Å². The van der Waals surface area contributed by atoms with Crippen molar-refractivity contribution in [1.82, 2.24) is 13.7 Å². The zero-order chi connectivity index (χ0) is 14.6. The lowest BCUT2D eigenvalue weighted by molar-refractivity contribution is 0.386. The first-order valence-corrected chi connectivity index (χ1v) is 9.03. The van der Waals surface area contributed by atoms with Crippen molar-refractivity contribution in [3.05, 3.63) is 29.5 Å². The fourth-order valence-electron chi connectivity index (χ4n) is 2.65.